The normalized spacial score (nSPS) is 10.8. The van der Waals surface area contributed by atoms with E-state index in [0.717, 1.165) is 0 Å². The van der Waals surface area contributed by atoms with E-state index in [1.807, 2.05) is 0 Å². The zero-order valence-corrected chi connectivity index (χ0v) is 6.94. The predicted molar refractivity (Wildman–Crippen MR) is 44.3 cm³/mol. The summed E-state index contributed by atoms with van der Waals surface area (Å²) in [7, 11) is 0. The zero-order valence-electron chi connectivity index (χ0n) is 6.18. The van der Waals surface area contributed by atoms with Gasteiger partial charge in [-0.1, -0.05) is 11.6 Å². The Kier molecular flexibility index (Phi) is 1.41. The fourth-order valence-electron chi connectivity index (χ4n) is 1.04. The van der Waals surface area contributed by atoms with Gasteiger partial charge in [-0.15, -0.1) is 0 Å². The molecule has 0 spiro atoms. The van der Waals surface area contributed by atoms with Crippen LogP contribution in [0, 0.1) is 6.92 Å². The average molecular weight is 185 g/mol. The van der Waals surface area contributed by atoms with Crippen molar-refractivity contribution in [1.29, 1.82) is 0 Å². The standard InChI is InChI=1S/C6H5ClN4O/c1-2-3-4(12)5(7)9-11-6(3)10-8-2/h1H3,(H2,8,10,11,12). The maximum absolute atomic E-state index is 11.3. The van der Waals surface area contributed by atoms with E-state index in [4.69, 9.17) is 11.6 Å². The lowest BCUT2D eigenvalue weighted by atomic mass is 10.3. The Bertz CT molecular complexity index is 486. The fourth-order valence-corrected chi connectivity index (χ4v) is 1.18. The van der Waals surface area contributed by atoms with Crippen LogP contribution in [0.1, 0.15) is 5.69 Å². The number of rotatable bonds is 0. The molecule has 12 heavy (non-hydrogen) atoms. The second kappa shape index (κ2) is 2.31. The molecule has 0 aromatic carbocycles. The predicted octanol–water partition coefficient (Wildman–Crippen LogP) is 0.608. The van der Waals surface area contributed by atoms with E-state index in [9.17, 15) is 4.79 Å². The molecule has 2 N–H and O–H groups in total. The van der Waals surface area contributed by atoms with E-state index >= 15 is 0 Å². The van der Waals surface area contributed by atoms with Crippen LogP contribution in [-0.2, 0) is 0 Å². The largest absolute Gasteiger partial charge is 0.286 e. The molecule has 0 fully saturated rings. The van der Waals surface area contributed by atoms with Crippen molar-refractivity contribution in [3.05, 3.63) is 21.1 Å². The first-order chi connectivity index (χ1) is 5.70. The van der Waals surface area contributed by atoms with Crippen molar-refractivity contribution in [3.8, 4) is 0 Å². The Balaban J connectivity index is 3.06. The summed E-state index contributed by atoms with van der Waals surface area (Å²) in [5.41, 5.74) is 0.828. The summed E-state index contributed by atoms with van der Waals surface area (Å²) in [5.74, 6) is 0. The molecular weight excluding hydrogens is 180 g/mol. The number of nitrogens with zero attached hydrogens (tertiary/aromatic N) is 2. The molecule has 2 aromatic rings. The number of nitrogens with one attached hydrogen (secondary N) is 2. The minimum absolute atomic E-state index is 0.0630. The van der Waals surface area contributed by atoms with Gasteiger partial charge in [0.05, 0.1) is 5.39 Å². The first kappa shape index (κ1) is 7.30. The van der Waals surface area contributed by atoms with Crippen LogP contribution in [0.2, 0.25) is 5.15 Å². The van der Waals surface area contributed by atoms with E-state index in [-0.39, 0.29) is 10.6 Å². The Morgan fingerprint density at radius 1 is 1.33 bits per heavy atom. The van der Waals surface area contributed by atoms with Gasteiger partial charge in [-0.05, 0) is 6.92 Å². The molecule has 2 rings (SSSR count). The Morgan fingerprint density at radius 2 is 2.08 bits per heavy atom. The van der Waals surface area contributed by atoms with Crippen LogP contribution < -0.4 is 5.43 Å². The summed E-state index contributed by atoms with van der Waals surface area (Å²) >= 11 is 5.52. The number of fused-ring (bicyclic) bond motifs is 1. The van der Waals surface area contributed by atoms with Crippen molar-refractivity contribution in [2.24, 2.45) is 0 Å². The van der Waals surface area contributed by atoms with Crippen molar-refractivity contribution in [2.45, 2.75) is 6.92 Å². The number of halogens is 1. The van der Waals surface area contributed by atoms with Gasteiger partial charge in [-0.25, -0.2) is 0 Å². The second-order valence-corrected chi connectivity index (χ2v) is 2.77. The minimum atomic E-state index is -0.295. The lowest BCUT2D eigenvalue weighted by Crippen LogP contribution is -2.05. The Labute approximate surface area is 71.7 Å². The van der Waals surface area contributed by atoms with Gasteiger partial charge in [0.15, 0.2) is 10.8 Å². The Hall–Kier alpha value is -1.36. The van der Waals surface area contributed by atoms with E-state index in [2.05, 4.69) is 20.4 Å². The summed E-state index contributed by atoms with van der Waals surface area (Å²) in [6.07, 6.45) is 0. The van der Waals surface area contributed by atoms with Gasteiger partial charge in [0, 0.05) is 5.69 Å². The molecule has 0 aliphatic rings. The quantitative estimate of drug-likeness (QED) is 0.630. The minimum Gasteiger partial charge on any atom is -0.286 e. The third-order valence-electron chi connectivity index (χ3n) is 1.62. The third-order valence-corrected chi connectivity index (χ3v) is 1.88. The van der Waals surface area contributed by atoms with Gasteiger partial charge in [0.1, 0.15) is 0 Å². The van der Waals surface area contributed by atoms with Crippen LogP contribution in [0.5, 0.6) is 0 Å². The molecule has 5 nitrogen and oxygen atoms in total. The molecule has 2 aromatic heterocycles. The van der Waals surface area contributed by atoms with Gasteiger partial charge >= 0.3 is 0 Å². The lowest BCUT2D eigenvalue weighted by molar-refractivity contribution is 1.01. The summed E-state index contributed by atoms with van der Waals surface area (Å²) in [5, 5.41) is 13.0. The molecule has 0 aliphatic carbocycles. The highest BCUT2D eigenvalue weighted by Gasteiger charge is 2.08. The van der Waals surface area contributed by atoms with Crippen molar-refractivity contribution >= 4 is 22.6 Å². The molecule has 2 heterocycles. The lowest BCUT2D eigenvalue weighted by Gasteiger charge is -1.88. The molecule has 0 radical (unpaired) electrons. The first-order valence-corrected chi connectivity index (χ1v) is 3.67. The number of hydrogen-bond donors (Lipinski definition) is 2. The van der Waals surface area contributed by atoms with Gasteiger partial charge in [-0.3, -0.25) is 15.0 Å². The fraction of sp³-hybridized carbons (Fsp3) is 0.167. The summed E-state index contributed by atoms with van der Waals surface area (Å²) in [6.45, 7) is 1.75. The summed E-state index contributed by atoms with van der Waals surface area (Å²) < 4.78 is 0. The van der Waals surface area contributed by atoms with Gasteiger partial charge < -0.3 is 0 Å². The number of aryl methyl sites for hydroxylation is 1. The molecule has 0 aliphatic heterocycles. The van der Waals surface area contributed by atoms with E-state index < -0.39 is 0 Å². The first-order valence-electron chi connectivity index (χ1n) is 3.29. The summed E-state index contributed by atoms with van der Waals surface area (Å²) in [6, 6.07) is 0. The molecular formula is C6H5ClN4O. The molecule has 0 amide bonds. The SMILES string of the molecule is Cc1[nH]nc2[nH]nc(Cl)c(=O)c12. The highest BCUT2D eigenvalue weighted by atomic mass is 35.5. The van der Waals surface area contributed by atoms with E-state index in [1.54, 1.807) is 6.92 Å². The molecule has 6 heteroatoms. The molecule has 0 unspecified atom stereocenters. The van der Waals surface area contributed by atoms with Gasteiger partial charge in [0.25, 0.3) is 0 Å². The average Bonchev–Trinajstić information content (AvgIpc) is 2.41. The molecule has 0 bridgehead atoms. The molecule has 0 saturated heterocycles. The second-order valence-electron chi connectivity index (χ2n) is 2.42. The van der Waals surface area contributed by atoms with E-state index in [1.165, 1.54) is 0 Å². The smallest absolute Gasteiger partial charge is 0.230 e. The topological polar surface area (TPSA) is 74.4 Å². The van der Waals surface area contributed by atoms with Crippen LogP contribution in [0.25, 0.3) is 11.0 Å². The van der Waals surface area contributed by atoms with Crippen LogP contribution in [0.4, 0.5) is 0 Å². The highest BCUT2D eigenvalue weighted by molar-refractivity contribution is 6.29. The van der Waals surface area contributed by atoms with Crippen LogP contribution in [0.3, 0.4) is 0 Å². The maximum atomic E-state index is 11.3. The van der Waals surface area contributed by atoms with E-state index in [0.29, 0.717) is 16.7 Å². The number of aromatic nitrogens is 4. The zero-order chi connectivity index (χ0) is 8.72. The summed E-state index contributed by atoms with van der Waals surface area (Å²) in [4.78, 5) is 11.3. The van der Waals surface area contributed by atoms with Crippen molar-refractivity contribution in [2.75, 3.05) is 0 Å². The van der Waals surface area contributed by atoms with Crippen molar-refractivity contribution in [3.63, 3.8) is 0 Å². The van der Waals surface area contributed by atoms with Crippen molar-refractivity contribution in [1.82, 2.24) is 20.4 Å². The highest BCUT2D eigenvalue weighted by Crippen LogP contribution is 2.08. The maximum Gasteiger partial charge on any atom is 0.230 e. The molecule has 0 saturated carbocycles. The van der Waals surface area contributed by atoms with Crippen LogP contribution in [0.15, 0.2) is 4.79 Å². The monoisotopic (exact) mass is 184 g/mol. The third kappa shape index (κ3) is 0.831. The van der Waals surface area contributed by atoms with Gasteiger partial charge in [0.2, 0.25) is 5.43 Å². The Morgan fingerprint density at radius 3 is 2.83 bits per heavy atom. The molecule has 0 atom stereocenters. The number of hydrogen-bond acceptors (Lipinski definition) is 3. The number of aromatic amines is 2. The van der Waals surface area contributed by atoms with Crippen molar-refractivity contribution < 1.29 is 0 Å². The van der Waals surface area contributed by atoms with Gasteiger partial charge in [-0.2, -0.15) is 10.2 Å². The van der Waals surface area contributed by atoms with Crippen LogP contribution >= 0.6 is 11.6 Å². The molecule has 62 valence electrons. The number of H-pyrrole nitrogens is 2. The van der Waals surface area contributed by atoms with Crippen LogP contribution in [-0.4, -0.2) is 20.4 Å².